The molecule has 0 atom stereocenters. The van der Waals surface area contributed by atoms with Crippen LogP contribution in [0.1, 0.15) is 11.3 Å². The molecule has 0 aliphatic carbocycles. The largest absolute Gasteiger partial charge is 0.398 e. The van der Waals surface area contributed by atoms with Crippen molar-refractivity contribution in [3.63, 3.8) is 0 Å². The van der Waals surface area contributed by atoms with E-state index >= 15 is 0 Å². The van der Waals surface area contributed by atoms with Gasteiger partial charge < -0.3 is 5.32 Å². The minimum absolute atomic E-state index is 0.531. The van der Waals surface area contributed by atoms with E-state index in [0.717, 1.165) is 23.0 Å². The first kappa shape index (κ1) is 15.8. The second-order valence-corrected chi connectivity index (χ2v) is 5.65. The van der Waals surface area contributed by atoms with Crippen molar-refractivity contribution in [1.82, 2.24) is 9.78 Å². The fraction of sp³-hybridized carbons (Fsp3) is 0.357. The molecule has 0 saturated heterocycles. The van der Waals surface area contributed by atoms with Crippen LogP contribution in [0, 0.1) is 6.92 Å². The lowest BCUT2D eigenvalue weighted by Gasteiger charge is -2.12. The Kier molecular flexibility index (Phi) is 4.82. The van der Waals surface area contributed by atoms with Crippen molar-refractivity contribution < 1.29 is 13.2 Å². The van der Waals surface area contributed by atoms with Gasteiger partial charge in [0.1, 0.15) is 0 Å². The molecule has 0 amide bonds. The zero-order valence-corrected chi connectivity index (χ0v) is 12.6. The van der Waals surface area contributed by atoms with Crippen LogP contribution in [0.4, 0.5) is 18.9 Å². The number of nitrogens with zero attached hydrogens (tertiary/aromatic N) is 2. The molecule has 0 unspecified atom stereocenters. The van der Waals surface area contributed by atoms with Gasteiger partial charge >= 0.3 is 6.18 Å². The molecule has 0 aliphatic heterocycles. The van der Waals surface area contributed by atoms with E-state index in [0.29, 0.717) is 17.1 Å². The summed E-state index contributed by atoms with van der Waals surface area (Å²) in [5.41, 5.74) is 2.76. The van der Waals surface area contributed by atoms with Gasteiger partial charge in [-0.2, -0.15) is 18.3 Å². The summed E-state index contributed by atoms with van der Waals surface area (Å²) in [5.74, 6) is -0.891. The van der Waals surface area contributed by atoms with Gasteiger partial charge in [0.15, 0.2) is 0 Å². The standard InChI is InChI=1S/C14H16F3N3S/c1-10-11(8-19-20(10)2)7-18-12-5-3-4-6-13(12)21-9-14(15,16)17/h3-6,8,18H,7,9H2,1-2H3. The number of anilines is 1. The highest BCUT2D eigenvalue weighted by Gasteiger charge is 2.27. The highest BCUT2D eigenvalue weighted by atomic mass is 32.2. The Morgan fingerprint density at radius 1 is 1.29 bits per heavy atom. The Labute approximate surface area is 125 Å². The van der Waals surface area contributed by atoms with Crippen LogP contribution >= 0.6 is 11.8 Å². The Bertz CT molecular complexity index is 608. The Hall–Kier alpha value is -1.63. The van der Waals surface area contributed by atoms with Crippen molar-refractivity contribution in [3.05, 3.63) is 41.7 Å². The third kappa shape index (κ3) is 4.42. The Morgan fingerprint density at radius 3 is 2.62 bits per heavy atom. The fourth-order valence-electron chi connectivity index (χ4n) is 1.81. The molecule has 1 heterocycles. The van der Waals surface area contributed by atoms with Crippen LogP contribution in [-0.2, 0) is 13.6 Å². The number of aryl methyl sites for hydroxylation is 1. The van der Waals surface area contributed by atoms with E-state index < -0.39 is 11.9 Å². The summed E-state index contributed by atoms with van der Waals surface area (Å²) in [7, 11) is 1.85. The third-order valence-corrected chi connectivity index (χ3v) is 4.22. The van der Waals surface area contributed by atoms with Crippen molar-refractivity contribution >= 4 is 17.4 Å². The minimum Gasteiger partial charge on any atom is -0.380 e. The van der Waals surface area contributed by atoms with E-state index in [4.69, 9.17) is 0 Å². The summed E-state index contributed by atoms with van der Waals surface area (Å²) in [6.07, 6.45) is -2.41. The summed E-state index contributed by atoms with van der Waals surface area (Å²) in [6, 6.07) is 7.01. The van der Waals surface area contributed by atoms with Crippen molar-refractivity contribution in [2.75, 3.05) is 11.1 Å². The number of alkyl halides is 3. The van der Waals surface area contributed by atoms with Gasteiger partial charge in [0.25, 0.3) is 0 Å². The smallest absolute Gasteiger partial charge is 0.380 e. The molecule has 2 rings (SSSR count). The lowest BCUT2D eigenvalue weighted by atomic mass is 10.2. The number of nitrogens with one attached hydrogen (secondary N) is 1. The normalized spacial score (nSPS) is 11.7. The molecule has 114 valence electrons. The van der Waals surface area contributed by atoms with Crippen LogP contribution in [0.25, 0.3) is 0 Å². The van der Waals surface area contributed by atoms with E-state index in [2.05, 4.69) is 10.4 Å². The first-order valence-electron chi connectivity index (χ1n) is 6.37. The van der Waals surface area contributed by atoms with E-state index in [1.165, 1.54) is 0 Å². The molecule has 7 heteroatoms. The number of halogens is 3. The lowest BCUT2D eigenvalue weighted by molar-refractivity contribution is -0.105. The molecule has 21 heavy (non-hydrogen) atoms. The van der Waals surface area contributed by atoms with Gasteiger partial charge in [0.2, 0.25) is 0 Å². The molecule has 0 aliphatic rings. The SMILES string of the molecule is Cc1c(CNc2ccccc2SCC(F)(F)F)cnn1C. The van der Waals surface area contributed by atoms with Crippen LogP contribution in [-0.4, -0.2) is 21.7 Å². The monoisotopic (exact) mass is 315 g/mol. The third-order valence-electron chi connectivity index (χ3n) is 3.08. The van der Waals surface area contributed by atoms with Crippen LogP contribution in [0.5, 0.6) is 0 Å². The number of benzene rings is 1. The van der Waals surface area contributed by atoms with Crippen molar-refractivity contribution in [2.24, 2.45) is 7.05 Å². The number of para-hydroxylation sites is 1. The highest BCUT2D eigenvalue weighted by molar-refractivity contribution is 7.99. The van der Waals surface area contributed by atoms with Gasteiger partial charge in [0, 0.05) is 35.4 Å². The van der Waals surface area contributed by atoms with Gasteiger partial charge in [0.05, 0.1) is 11.9 Å². The molecule has 1 aromatic carbocycles. The first-order valence-corrected chi connectivity index (χ1v) is 7.35. The zero-order chi connectivity index (χ0) is 15.5. The van der Waals surface area contributed by atoms with Crippen LogP contribution in [0.2, 0.25) is 0 Å². The maximum atomic E-state index is 12.3. The van der Waals surface area contributed by atoms with Gasteiger partial charge in [-0.1, -0.05) is 12.1 Å². The summed E-state index contributed by atoms with van der Waals surface area (Å²) >= 11 is 0.790. The maximum absolute atomic E-state index is 12.3. The average Bonchev–Trinajstić information content (AvgIpc) is 2.74. The summed E-state index contributed by atoms with van der Waals surface area (Å²) < 4.78 is 38.7. The number of hydrogen-bond acceptors (Lipinski definition) is 3. The molecular formula is C14H16F3N3S. The van der Waals surface area contributed by atoms with Gasteiger partial charge in [-0.3, -0.25) is 4.68 Å². The number of thioether (sulfide) groups is 1. The quantitative estimate of drug-likeness (QED) is 0.846. The van der Waals surface area contributed by atoms with E-state index in [1.54, 1.807) is 35.1 Å². The number of rotatable bonds is 5. The van der Waals surface area contributed by atoms with Crippen LogP contribution in [0.3, 0.4) is 0 Å². The Morgan fingerprint density at radius 2 is 2.00 bits per heavy atom. The molecule has 0 fully saturated rings. The minimum atomic E-state index is -4.17. The molecule has 0 saturated carbocycles. The summed E-state index contributed by atoms with van der Waals surface area (Å²) in [5, 5.41) is 7.32. The van der Waals surface area contributed by atoms with Crippen LogP contribution in [0.15, 0.2) is 35.4 Å². The molecule has 0 spiro atoms. The topological polar surface area (TPSA) is 29.9 Å². The second kappa shape index (κ2) is 6.43. The Balaban J connectivity index is 2.04. The zero-order valence-electron chi connectivity index (χ0n) is 11.7. The summed E-state index contributed by atoms with van der Waals surface area (Å²) in [4.78, 5) is 0.594. The molecule has 0 bridgehead atoms. The van der Waals surface area contributed by atoms with Crippen molar-refractivity contribution in [3.8, 4) is 0 Å². The van der Waals surface area contributed by atoms with E-state index in [9.17, 15) is 13.2 Å². The predicted octanol–water partition coefficient (Wildman–Crippen LogP) is 4.00. The van der Waals surface area contributed by atoms with Crippen molar-refractivity contribution in [1.29, 1.82) is 0 Å². The van der Waals surface area contributed by atoms with Gasteiger partial charge in [-0.15, -0.1) is 11.8 Å². The maximum Gasteiger partial charge on any atom is 0.398 e. The van der Waals surface area contributed by atoms with E-state index in [1.807, 2.05) is 14.0 Å². The summed E-state index contributed by atoms with van der Waals surface area (Å²) in [6.45, 7) is 2.48. The highest BCUT2D eigenvalue weighted by Crippen LogP contribution is 2.32. The number of aromatic nitrogens is 2. The molecule has 3 nitrogen and oxygen atoms in total. The molecule has 1 N–H and O–H groups in total. The average molecular weight is 315 g/mol. The second-order valence-electron chi connectivity index (χ2n) is 4.63. The molecule has 2 aromatic rings. The van der Waals surface area contributed by atoms with Gasteiger partial charge in [-0.25, -0.2) is 0 Å². The van der Waals surface area contributed by atoms with E-state index in [-0.39, 0.29) is 0 Å². The first-order chi connectivity index (χ1) is 9.87. The lowest BCUT2D eigenvalue weighted by Crippen LogP contribution is -2.11. The molecular weight excluding hydrogens is 299 g/mol. The molecule has 0 radical (unpaired) electrons. The van der Waals surface area contributed by atoms with Crippen molar-refractivity contribution in [2.45, 2.75) is 24.5 Å². The molecule has 1 aromatic heterocycles. The fourth-order valence-corrected chi connectivity index (χ4v) is 2.60. The van der Waals surface area contributed by atoms with Crippen LogP contribution < -0.4 is 5.32 Å². The predicted molar refractivity (Wildman–Crippen MR) is 78.5 cm³/mol. The van der Waals surface area contributed by atoms with Gasteiger partial charge in [-0.05, 0) is 19.1 Å². The number of hydrogen-bond donors (Lipinski definition) is 1.